The van der Waals surface area contributed by atoms with Crippen LogP contribution in [0.2, 0.25) is 18.1 Å². The summed E-state index contributed by atoms with van der Waals surface area (Å²) in [5.41, 5.74) is 4.08. The van der Waals surface area contributed by atoms with Gasteiger partial charge in [-0.05, 0) is 99.1 Å². The summed E-state index contributed by atoms with van der Waals surface area (Å²) >= 11 is 0. The molecule has 0 bridgehead atoms. The van der Waals surface area contributed by atoms with Crippen LogP contribution in [0.5, 0.6) is 5.75 Å². The van der Waals surface area contributed by atoms with E-state index in [1.54, 1.807) is 13.4 Å². The zero-order valence-corrected chi connectivity index (χ0v) is 27.2. The summed E-state index contributed by atoms with van der Waals surface area (Å²) < 4.78 is 28.7. The molecule has 3 aromatic rings. The summed E-state index contributed by atoms with van der Waals surface area (Å²) in [4.78, 5) is 20.6. The van der Waals surface area contributed by atoms with E-state index in [1.807, 2.05) is 54.1 Å². The Labute approximate surface area is 250 Å². The number of aromatic nitrogens is 2. The third-order valence-corrected chi connectivity index (χ3v) is 14.0. The molecule has 0 aliphatic carbocycles. The minimum atomic E-state index is -2.07. The van der Waals surface area contributed by atoms with Crippen molar-refractivity contribution < 1.29 is 18.3 Å². The maximum atomic E-state index is 14.2. The molecule has 5 rings (SSSR count). The molecule has 0 N–H and O–H groups in total. The lowest BCUT2D eigenvalue weighted by Crippen LogP contribution is -2.59. The quantitative estimate of drug-likeness (QED) is 0.216. The van der Waals surface area contributed by atoms with E-state index < -0.39 is 8.32 Å². The largest absolute Gasteiger partial charge is 0.495 e. The second kappa shape index (κ2) is 11.1. The van der Waals surface area contributed by atoms with Crippen LogP contribution in [0, 0.1) is 12.7 Å². The van der Waals surface area contributed by atoms with Crippen LogP contribution in [0.25, 0.3) is 11.8 Å². The molecule has 1 aromatic heterocycles. The first-order chi connectivity index (χ1) is 19.7. The summed E-state index contributed by atoms with van der Waals surface area (Å²) in [6, 6.07) is 12.5. The molecule has 3 heterocycles. The van der Waals surface area contributed by atoms with Gasteiger partial charge in [0.25, 0.3) is 5.91 Å². The fourth-order valence-corrected chi connectivity index (χ4v) is 7.99. The molecule has 2 saturated heterocycles. The molecule has 2 aliphatic heterocycles. The number of carbonyl (C=O) groups excluding carboxylic acids is 1. The number of hydrogen-bond acceptors (Lipinski definition) is 4. The van der Waals surface area contributed by atoms with Gasteiger partial charge in [0.05, 0.1) is 36.5 Å². The second-order valence-electron chi connectivity index (χ2n) is 13.7. The van der Waals surface area contributed by atoms with Crippen LogP contribution in [0.1, 0.15) is 76.2 Å². The number of imidazole rings is 1. The van der Waals surface area contributed by atoms with Crippen LogP contribution >= 0.6 is 0 Å². The molecule has 224 valence electrons. The average molecular weight is 590 g/mol. The van der Waals surface area contributed by atoms with Gasteiger partial charge in [-0.1, -0.05) is 39.0 Å². The minimum absolute atomic E-state index is 0.0447. The van der Waals surface area contributed by atoms with Crippen LogP contribution < -0.4 is 4.74 Å². The van der Waals surface area contributed by atoms with Gasteiger partial charge >= 0.3 is 0 Å². The third kappa shape index (κ3) is 5.97. The van der Waals surface area contributed by atoms with Gasteiger partial charge in [-0.3, -0.25) is 4.79 Å². The molecule has 6 nitrogen and oxygen atoms in total. The van der Waals surface area contributed by atoms with Crippen molar-refractivity contribution in [2.75, 3.05) is 7.11 Å². The fraction of sp³-hybridized carbons (Fsp3) is 0.471. The van der Waals surface area contributed by atoms with Crippen molar-refractivity contribution in [2.24, 2.45) is 0 Å². The number of benzene rings is 2. The van der Waals surface area contributed by atoms with Gasteiger partial charge in [0.2, 0.25) is 0 Å². The number of rotatable bonds is 6. The number of halogens is 1. The number of methoxy groups -OCH3 is 1. The van der Waals surface area contributed by atoms with Crippen LogP contribution in [-0.2, 0) is 9.22 Å². The number of aryl methyl sites for hydroxylation is 1. The number of carbonyl (C=O) groups is 1. The average Bonchev–Trinajstić information content (AvgIpc) is 3.35. The van der Waals surface area contributed by atoms with Crippen LogP contribution in [-0.4, -0.2) is 47.4 Å². The van der Waals surface area contributed by atoms with Crippen LogP contribution in [0.3, 0.4) is 0 Å². The summed E-state index contributed by atoms with van der Waals surface area (Å²) in [5.74, 6) is 0.479. The maximum Gasteiger partial charge on any atom is 0.250 e. The van der Waals surface area contributed by atoms with E-state index in [4.69, 9.17) is 9.16 Å². The smallest absolute Gasteiger partial charge is 0.250 e. The Hall–Kier alpha value is -3.23. The second-order valence-corrected chi connectivity index (χ2v) is 18.4. The Morgan fingerprint density at radius 3 is 2.45 bits per heavy atom. The van der Waals surface area contributed by atoms with E-state index in [1.165, 1.54) is 12.1 Å². The predicted octanol–water partition coefficient (Wildman–Crippen LogP) is 8.02. The molecule has 2 fully saturated rings. The lowest BCUT2D eigenvalue weighted by molar-refractivity contribution is -0.143. The molecule has 0 saturated carbocycles. The molecule has 0 unspecified atom stereocenters. The van der Waals surface area contributed by atoms with Crippen molar-refractivity contribution in [1.29, 1.82) is 0 Å². The Balaban J connectivity index is 1.47. The van der Waals surface area contributed by atoms with Crippen molar-refractivity contribution in [3.63, 3.8) is 0 Å². The first-order valence-electron chi connectivity index (χ1n) is 14.9. The Morgan fingerprint density at radius 1 is 1.12 bits per heavy atom. The lowest BCUT2D eigenvalue weighted by Gasteiger charge is -2.55. The van der Waals surface area contributed by atoms with Crippen molar-refractivity contribution in [2.45, 2.75) is 96.1 Å². The highest BCUT2D eigenvalue weighted by Gasteiger charge is 2.51. The number of amides is 1. The lowest BCUT2D eigenvalue weighted by atomic mass is 9.76. The van der Waals surface area contributed by atoms with Crippen molar-refractivity contribution in [3.05, 3.63) is 83.2 Å². The van der Waals surface area contributed by atoms with Crippen molar-refractivity contribution in [1.82, 2.24) is 14.5 Å². The predicted molar refractivity (Wildman–Crippen MR) is 168 cm³/mol. The third-order valence-electron chi connectivity index (χ3n) is 9.37. The van der Waals surface area contributed by atoms with E-state index in [2.05, 4.69) is 50.7 Å². The zero-order valence-electron chi connectivity index (χ0n) is 26.2. The van der Waals surface area contributed by atoms with Gasteiger partial charge in [0, 0.05) is 17.8 Å². The highest BCUT2D eigenvalue weighted by Crippen LogP contribution is 2.49. The molecular weight excluding hydrogens is 545 g/mol. The highest BCUT2D eigenvalue weighted by atomic mass is 28.4. The topological polar surface area (TPSA) is 56.6 Å². The SMILES string of the molecule is COc1cc(C=C2CC[C@@H]3C[C@@](C)(O[Si](C)(C)C(C)(C)C)C[C@@H](c4ccc(F)cc4)N3C2=O)ccc1-n1cnc(C)c1. The number of nitrogens with zero attached hydrogens (tertiary/aromatic N) is 3. The van der Waals surface area contributed by atoms with Gasteiger partial charge in [0.1, 0.15) is 11.6 Å². The summed E-state index contributed by atoms with van der Waals surface area (Å²) in [6.07, 6.45) is 8.73. The molecule has 42 heavy (non-hydrogen) atoms. The summed E-state index contributed by atoms with van der Waals surface area (Å²) in [5, 5.41) is 0.0735. The molecule has 8 heteroatoms. The monoisotopic (exact) mass is 589 g/mol. The Kier molecular flexibility index (Phi) is 8.00. The van der Waals surface area contributed by atoms with Gasteiger partial charge in [-0.15, -0.1) is 0 Å². The standard InChI is InChI=1S/C34H44FN3O3Si/c1-23-21-37(22-36-23)29-16-9-24(18-31(29)40-6)17-26-12-15-28-19-34(5,41-42(7,8)33(2,3)4)20-30(38(28)32(26)39)25-10-13-27(35)14-11-25/h9-11,13-14,16-18,21-22,28,30H,12,15,19-20H2,1-8H3/t28-,30+,34-/m1/s1. The first kappa shape index (κ1) is 30.2. The van der Waals surface area contributed by atoms with E-state index in [0.29, 0.717) is 18.6 Å². The number of piperidine rings is 2. The highest BCUT2D eigenvalue weighted by molar-refractivity contribution is 6.74. The van der Waals surface area contributed by atoms with Crippen LogP contribution in [0.15, 0.2) is 60.6 Å². The zero-order chi connectivity index (χ0) is 30.4. The van der Waals surface area contributed by atoms with E-state index in [0.717, 1.165) is 40.9 Å². The van der Waals surface area contributed by atoms with E-state index in [-0.39, 0.29) is 34.4 Å². The molecule has 2 aliphatic rings. The summed E-state index contributed by atoms with van der Waals surface area (Å²) in [7, 11) is -0.419. The molecular formula is C34H44FN3O3Si. The Morgan fingerprint density at radius 2 is 1.83 bits per heavy atom. The Bertz CT molecular complexity index is 1490. The van der Waals surface area contributed by atoms with E-state index in [9.17, 15) is 9.18 Å². The minimum Gasteiger partial charge on any atom is -0.495 e. The van der Waals surface area contributed by atoms with Crippen molar-refractivity contribution >= 4 is 20.3 Å². The van der Waals surface area contributed by atoms with Gasteiger partial charge < -0.3 is 18.6 Å². The molecule has 2 aromatic carbocycles. The first-order valence-corrected chi connectivity index (χ1v) is 17.8. The number of fused-ring (bicyclic) bond motifs is 1. The fourth-order valence-electron chi connectivity index (χ4n) is 6.29. The summed E-state index contributed by atoms with van der Waals surface area (Å²) in [6.45, 7) is 15.5. The van der Waals surface area contributed by atoms with Gasteiger partial charge in [-0.25, -0.2) is 9.37 Å². The van der Waals surface area contributed by atoms with Crippen molar-refractivity contribution in [3.8, 4) is 11.4 Å². The number of ether oxygens (including phenoxy) is 1. The molecule has 0 spiro atoms. The number of hydrogen-bond donors (Lipinski definition) is 0. The maximum absolute atomic E-state index is 14.2. The van der Waals surface area contributed by atoms with Gasteiger partial charge in [0.15, 0.2) is 8.32 Å². The molecule has 0 radical (unpaired) electrons. The van der Waals surface area contributed by atoms with E-state index >= 15 is 0 Å². The molecule has 1 amide bonds. The normalized spacial score (nSPS) is 24.2. The molecule has 3 atom stereocenters. The van der Waals surface area contributed by atoms with Gasteiger partial charge in [-0.2, -0.15) is 0 Å². The van der Waals surface area contributed by atoms with Crippen LogP contribution in [0.4, 0.5) is 4.39 Å².